The van der Waals surface area contributed by atoms with Crippen molar-refractivity contribution < 1.29 is 9.53 Å². The second kappa shape index (κ2) is 2.05. The standard InChI is InChI=1S/C5H7BrO2/c1-3-4(2-6)8-5(3)7/h3-4H,2H2,1H3. The van der Waals surface area contributed by atoms with Crippen molar-refractivity contribution in [3.05, 3.63) is 0 Å². The van der Waals surface area contributed by atoms with E-state index in [1.807, 2.05) is 6.92 Å². The highest BCUT2D eigenvalue weighted by Gasteiger charge is 2.37. The third kappa shape index (κ3) is 0.749. The zero-order valence-corrected chi connectivity index (χ0v) is 6.14. The van der Waals surface area contributed by atoms with Crippen molar-refractivity contribution in [3.8, 4) is 0 Å². The maximum Gasteiger partial charge on any atom is 0.312 e. The molecule has 3 heteroatoms. The average molecular weight is 179 g/mol. The van der Waals surface area contributed by atoms with Crippen molar-refractivity contribution in [2.24, 2.45) is 5.92 Å². The van der Waals surface area contributed by atoms with Crippen LogP contribution in [0, 0.1) is 5.92 Å². The van der Waals surface area contributed by atoms with Crippen LogP contribution in [-0.4, -0.2) is 17.4 Å². The Morgan fingerprint density at radius 1 is 1.88 bits per heavy atom. The van der Waals surface area contributed by atoms with Crippen LogP contribution in [0.4, 0.5) is 0 Å². The van der Waals surface area contributed by atoms with E-state index >= 15 is 0 Å². The summed E-state index contributed by atoms with van der Waals surface area (Å²) in [5.74, 6) is 0.0313. The van der Waals surface area contributed by atoms with E-state index in [-0.39, 0.29) is 18.0 Å². The molecule has 1 rings (SSSR count). The number of alkyl halides is 1. The number of hydrogen-bond donors (Lipinski definition) is 0. The quantitative estimate of drug-likeness (QED) is 0.442. The van der Waals surface area contributed by atoms with Crippen molar-refractivity contribution in [2.75, 3.05) is 5.33 Å². The van der Waals surface area contributed by atoms with Crippen LogP contribution in [0.5, 0.6) is 0 Å². The zero-order valence-electron chi connectivity index (χ0n) is 4.56. The van der Waals surface area contributed by atoms with Gasteiger partial charge in [-0.1, -0.05) is 15.9 Å². The summed E-state index contributed by atoms with van der Waals surface area (Å²) in [6.07, 6.45) is 0.127. The maximum atomic E-state index is 10.4. The van der Waals surface area contributed by atoms with E-state index in [1.165, 1.54) is 0 Å². The monoisotopic (exact) mass is 178 g/mol. The predicted molar refractivity (Wildman–Crippen MR) is 32.8 cm³/mol. The molecule has 0 N–H and O–H groups in total. The predicted octanol–water partition coefficient (Wildman–Crippen LogP) is 0.943. The van der Waals surface area contributed by atoms with E-state index in [1.54, 1.807) is 0 Å². The van der Waals surface area contributed by atoms with E-state index in [4.69, 9.17) is 4.74 Å². The first-order chi connectivity index (χ1) is 3.75. The third-order valence-electron chi connectivity index (χ3n) is 1.35. The number of halogens is 1. The fourth-order valence-electron chi connectivity index (χ4n) is 0.603. The van der Waals surface area contributed by atoms with Gasteiger partial charge in [-0.2, -0.15) is 0 Å². The molecule has 0 aromatic rings. The van der Waals surface area contributed by atoms with Gasteiger partial charge in [-0.3, -0.25) is 4.79 Å². The lowest BCUT2D eigenvalue weighted by atomic mass is 10.0. The number of hydrogen-bond acceptors (Lipinski definition) is 2. The van der Waals surface area contributed by atoms with Crippen LogP contribution in [0.15, 0.2) is 0 Å². The molecular weight excluding hydrogens is 172 g/mol. The molecule has 0 bridgehead atoms. The molecule has 0 spiro atoms. The van der Waals surface area contributed by atoms with Crippen LogP contribution in [0.25, 0.3) is 0 Å². The minimum Gasteiger partial charge on any atom is -0.460 e. The molecule has 1 saturated heterocycles. The van der Waals surface area contributed by atoms with Crippen molar-refractivity contribution in [1.82, 2.24) is 0 Å². The number of rotatable bonds is 1. The van der Waals surface area contributed by atoms with Gasteiger partial charge in [0.15, 0.2) is 0 Å². The Kier molecular flexibility index (Phi) is 1.56. The van der Waals surface area contributed by atoms with E-state index in [0.717, 1.165) is 5.33 Å². The van der Waals surface area contributed by atoms with Crippen LogP contribution in [0.2, 0.25) is 0 Å². The molecule has 1 fully saturated rings. The van der Waals surface area contributed by atoms with Gasteiger partial charge >= 0.3 is 5.97 Å². The number of cyclic esters (lactones) is 1. The van der Waals surface area contributed by atoms with Gasteiger partial charge < -0.3 is 4.74 Å². The van der Waals surface area contributed by atoms with E-state index < -0.39 is 0 Å². The lowest BCUT2D eigenvalue weighted by Gasteiger charge is -2.30. The fourth-order valence-corrected chi connectivity index (χ4v) is 1.30. The summed E-state index contributed by atoms with van der Waals surface area (Å²) in [6, 6.07) is 0. The van der Waals surface area contributed by atoms with Gasteiger partial charge in [0.05, 0.1) is 5.92 Å². The summed E-state index contributed by atoms with van der Waals surface area (Å²) in [5, 5.41) is 0.764. The van der Waals surface area contributed by atoms with Crippen LogP contribution < -0.4 is 0 Å². The Bertz CT molecular complexity index is 113. The van der Waals surface area contributed by atoms with Gasteiger partial charge in [0.2, 0.25) is 0 Å². The molecule has 2 unspecified atom stereocenters. The van der Waals surface area contributed by atoms with E-state index in [0.29, 0.717) is 0 Å². The summed E-state index contributed by atoms with van der Waals surface area (Å²) >= 11 is 3.22. The van der Waals surface area contributed by atoms with Crippen molar-refractivity contribution in [1.29, 1.82) is 0 Å². The molecule has 1 aliphatic heterocycles. The molecule has 1 aliphatic rings. The highest BCUT2D eigenvalue weighted by atomic mass is 79.9. The van der Waals surface area contributed by atoms with Crippen molar-refractivity contribution in [3.63, 3.8) is 0 Å². The summed E-state index contributed by atoms with van der Waals surface area (Å²) in [7, 11) is 0. The summed E-state index contributed by atoms with van der Waals surface area (Å²) in [5.41, 5.74) is 0. The number of carbonyl (C=O) groups excluding carboxylic acids is 1. The summed E-state index contributed by atoms with van der Waals surface area (Å²) in [6.45, 7) is 1.87. The van der Waals surface area contributed by atoms with Crippen LogP contribution in [0.3, 0.4) is 0 Å². The molecule has 46 valence electrons. The molecular formula is C5H7BrO2. The number of esters is 1. The topological polar surface area (TPSA) is 26.3 Å². The Labute approximate surface area is 56.3 Å². The van der Waals surface area contributed by atoms with E-state index in [9.17, 15) is 4.79 Å². The van der Waals surface area contributed by atoms with Gasteiger partial charge in [-0.25, -0.2) is 0 Å². The molecule has 1 heterocycles. The van der Waals surface area contributed by atoms with Crippen LogP contribution >= 0.6 is 15.9 Å². The average Bonchev–Trinajstić information content (AvgIpc) is 1.81. The van der Waals surface area contributed by atoms with Gasteiger partial charge in [0.25, 0.3) is 0 Å². The Hall–Kier alpha value is -0.0500. The van der Waals surface area contributed by atoms with Crippen molar-refractivity contribution in [2.45, 2.75) is 13.0 Å². The molecule has 8 heavy (non-hydrogen) atoms. The first kappa shape index (κ1) is 6.08. The van der Waals surface area contributed by atoms with Crippen LogP contribution in [-0.2, 0) is 9.53 Å². The summed E-state index contributed by atoms with van der Waals surface area (Å²) in [4.78, 5) is 10.4. The Balaban J connectivity index is 2.35. The van der Waals surface area contributed by atoms with E-state index in [2.05, 4.69) is 15.9 Å². The minimum atomic E-state index is -0.0746. The Morgan fingerprint density at radius 3 is 2.62 bits per heavy atom. The molecule has 2 atom stereocenters. The SMILES string of the molecule is CC1C(=O)OC1CBr. The largest absolute Gasteiger partial charge is 0.460 e. The molecule has 0 radical (unpaired) electrons. The molecule has 0 saturated carbocycles. The van der Waals surface area contributed by atoms with Gasteiger partial charge in [-0.05, 0) is 6.92 Å². The first-order valence-corrected chi connectivity index (χ1v) is 3.64. The van der Waals surface area contributed by atoms with Crippen molar-refractivity contribution >= 4 is 21.9 Å². The second-order valence-electron chi connectivity index (χ2n) is 1.92. The second-order valence-corrected chi connectivity index (χ2v) is 2.57. The normalized spacial score (nSPS) is 36.0. The fraction of sp³-hybridized carbons (Fsp3) is 0.800. The lowest BCUT2D eigenvalue weighted by molar-refractivity contribution is -0.179. The molecule has 0 aromatic heterocycles. The minimum absolute atomic E-state index is 0.0746. The highest BCUT2D eigenvalue weighted by Crippen LogP contribution is 2.22. The van der Waals surface area contributed by atoms with Crippen LogP contribution in [0.1, 0.15) is 6.92 Å². The molecule has 0 aliphatic carbocycles. The molecule has 0 aromatic carbocycles. The smallest absolute Gasteiger partial charge is 0.312 e. The summed E-state index contributed by atoms with van der Waals surface area (Å²) < 4.78 is 4.71. The van der Waals surface area contributed by atoms with Gasteiger partial charge in [-0.15, -0.1) is 0 Å². The lowest BCUT2D eigenvalue weighted by Crippen LogP contribution is -2.44. The van der Waals surface area contributed by atoms with Gasteiger partial charge in [0, 0.05) is 5.33 Å². The Morgan fingerprint density at radius 2 is 2.50 bits per heavy atom. The maximum absolute atomic E-state index is 10.4. The number of carbonyl (C=O) groups is 1. The third-order valence-corrected chi connectivity index (χ3v) is 1.99. The molecule has 2 nitrogen and oxygen atoms in total. The molecule has 0 amide bonds. The highest BCUT2D eigenvalue weighted by molar-refractivity contribution is 9.09. The van der Waals surface area contributed by atoms with Gasteiger partial charge in [0.1, 0.15) is 6.10 Å². The zero-order chi connectivity index (χ0) is 6.15. The number of ether oxygens (including phenoxy) is 1. The first-order valence-electron chi connectivity index (χ1n) is 2.52.